The lowest BCUT2D eigenvalue weighted by Gasteiger charge is -2.35. The maximum atomic E-state index is 12.7. The Morgan fingerprint density at radius 3 is 2.59 bits per heavy atom. The van der Waals surface area contributed by atoms with Gasteiger partial charge in [0, 0.05) is 37.8 Å². The van der Waals surface area contributed by atoms with Crippen LogP contribution in [0.1, 0.15) is 10.4 Å². The molecule has 1 aliphatic heterocycles. The van der Waals surface area contributed by atoms with Crippen molar-refractivity contribution in [3.05, 3.63) is 54.9 Å². The summed E-state index contributed by atoms with van der Waals surface area (Å²) in [6, 6.07) is 9.11. The summed E-state index contributed by atoms with van der Waals surface area (Å²) in [7, 11) is 1.59. The van der Waals surface area contributed by atoms with Crippen LogP contribution in [0.4, 0.5) is 5.82 Å². The molecule has 1 aliphatic rings. The van der Waals surface area contributed by atoms with Crippen molar-refractivity contribution in [3.63, 3.8) is 0 Å². The summed E-state index contributed by atoms with van der Waals surface area (Å²) in [4.78, 5) is 29.2. The third kappa shape index (κ3) is 3.57. The molecule has 3 heterocycles. The number of carbonyl (C=O) groups excluding carboxylic acids is 1. The number of aromatic nitrogens is 5. The highest BCUT2D eigenvalue weighted by atomic mass is 16.5. The Kier molecular flexibility index (Phi) is 4.65. The summed E-state index contributed by atoms with van der Waals surface area (Å²) in [6.07, 6.45) is 4.57. The molecule has 0 bridgehead atoms. The maximum Gasteiger partial charge on any atom is 0.254 e. The number of hydrogen-bond acceptors (Lipinski definition) is 7. The van der Waals surface area contributed by atoms with Crippen LogP contribution in [0.25, 0.3) is 5.82 Å². The molecule has 9 nitrogen and oxygen atoms in total. The van der Waals surface area contributed by atoms with Crippen molar-refractivity contribution in [1.82, 2.24) is 29.6 Å². The number of carbonyl (C=O) groups is 1. The van der Waals surface area contributed by atoms with Gasteiger partial charge < -0.3 is 14.5 Å². The number of piperazine rings is 1. The van der Waals surface area contributed by atoms with Gasteiger partial charge in [0.05, 0.1) is 7.11 Å². The molecule has 3 aromatic rings. The average molecular weight is 365 g/mol. The molecule has 0 saturated carbocycles. The van der Waals surface area contributed by atoms with Gasteiger partial charge in [0.2, 0.25) is 0 Å². The number of rotatable bonds is 4. The predicted molar refractivity (Wildman–Crippen MR) is 98.1 cm³/mol. The van der Waals surface area contributed by atoms with Gasteiger partial charge in [0.25, 0.3) is 5.91 Å². The maximum absolute atomic E-state index is 12.7. The minimum atomic E-state index is 0.0135. The lowest BCUT2D eigenvalue weighted by atomic mass is 10.1. The molecule has 4 rings (SSSR count). The first-order chi connectivity index (χ1) is 13.2. The van der Waals surface area contributed by atoms with Crippen LogP contribution in [0.15, 0.2) is 49.3 Å². The topological polar surface area (TPSA) is 89.3 Å². The van der Waals surface area contributed by atoms with Gasteiger partial charge in [0.15, 0.2) is 5.82 Å². The molecule has 1 saturated heterocycles. The smallest absolute Gasteiger partial charge is 0.254 e. The van der Waals surface area contributed by atoms with Crippen LogP contribution in [0.3, 0.4) is 0 Å². The zero-order valence-corrected chi connectivity index (χ0v) is 14.9. The Bertz CT molecular complexity index is 921. The van der Waals surface area contributed by atoms with E-state index in [1.54, 1.807) is 24.2 Å². The summed E-state index contributed by atoms with van der Waals surface area (Å²) in [5.74, 6) is 2.16. The zero-order chi connectivity index (χ0) is 18.6. The number of methoxy groups -OCH3 is 1. The third-order valence-electron chi connectivity index (χ3n) is 4.50. The van der Waals surface area contributed by atoms with E-state index in [9.17, 15) is 4.79 Å². The molecule has 0 spiro atoms. The number of hydrogen-bond donors (Lipinski definition) is 0. The van der Waals surface area contributed by atoms with E-state index in [4.69, 9.17) is 4.74 Å². The van der Waals surface area contributed by atoms with E-state index < -0.39 is 0 Å². The highest BCUT2D eigenvalue weighted by molar-refractivity contribution is 5.94. The normalized spacial score (nSPS) is 14.3. The first kappa shape index (κ1) is 17.0. The molecule has 9 heteroatoms. The van der Waals surface area contributed by atoms with Crippen molar-refractivity contribution in [2.24, 2.45) is 0 Å². The van der Waals surface area contributed by atoms with E-state index in [0.717, 1.165) is 5.82 Å². The van der Waals surface area contributed by atoms with Gasteiger partial charge in [-0.25, -0.2) is 19.6 Å². The fourth-order valence-corrected chi connectivity index (χ4v) is 3.04. The summed E-state index contributed by atoms with van der Waals surface area (Å²) in [6.45, 7) is 2.64. The van der Waals surface area contributed by atoms with Crippen molar-refractivity contribution in [2.45, 2.75) is 0 Å². The lowest BCUT2D eigenvalue weighted by molar-refractivity contribution is 0.0746. The first-order valence-corrected chi connectivity index (χ1v) is 8.60. The Morgan fingerprint density at radius 1 is 1.04 bits per heavy atom. The van der Waals surface area contributed by atoms with Gasteiger partial charge in [-0.2, -0.15) is 5.10 Å². The zero-order valence-electron chi connectivity index (χ0n) is 14.9. The monoisotopic (exact) mass is 365 g/mol. The van der Waals surface area contributed by atoms with Gasteiger partial charge >= 0.3 is 0 Å². The van der Waals surface area contributed by atoms with Crippen LogP contribution < -0.4 is 9.64 Å². The number of ether oxygens (including phenoxy) is 1. The van der Waals surface area contributed by atoms with E-state index in [1.165, 1.54) is 12.7 Å². The van der Waals surface area contributed by atoms with Crippen molar-refractivity contribution in [2.75, 3.05) is 38.2 Å². The summed E-state index contributed by atoms with van der Waals surface area (Å²) in [5.41, 5.74) is 0.637. The lowest BCUT2D eigenvalue weighted by Crippen LogP contribution is -2.49. The second kappa shape index (κ2) is 7.40. The van der Waals surface area contributed by atoms with Gasteiger partial charge in [-0.05, 0) is 18.2 Å². The standard InChI is InChI=1S/C18H19N7O2/c1-27-15-4-2-3-14(9-15)18(26)24-7-5-23(6-8-24)16-10-17(21-12-20-16)25-13-19-11-22-25/h2-4,9-13H,5-8H2,1H3. The molecule has 0 atom stereocenters. The fraction of sp³-hybridized carbons (Fsp3) is 0.278. The minimum absolute atomic E-state index is 0.0135. The van der Waals surface area contributed by atoms with Crippen LogP contribution in [-0.2, 0) is 0 Å². The van der Waals surface area contributed by atoms with E-state index in [0.29, 0.717) is 43.3 Å². The molecule has 0 N–H and O–H groups in total. The Morgan fingerprint density at radius 2 is 1.85 bits per heavy atom. The van der Waals surface area contributed by atoms with Crippen molar-refractivity contribution in [3.8, 4) is 11.6 Å². The molecular formula is C18H19N7O2. The highest BCUT2D eigenvalue weighted by Crippen LogP contribution is 2.18. The quantitative estimate of drug-likeness (QED) is 0.682. The minimum Gasteiger partial charge on any atom is -0.497 e. The molecule has 1 amide bonds. The number of anilines is 1. The molecule has 0 unspecified atom stereocenters. The fourth-order valence-electron chi connectivity index (χ4n) is 3.04. The Hall–Kier alpha value is -3.49. The number of benzene rings is 1. The van der Waals surface area contributed by atoms with Crippen molar-refractivity contribution < 1.29 is 9.53 Å². The summed E-state index contributed by atoms with van der Waals surface area (Å²) < 4.78 is 6.80. The molecule has 2 aromatic heterocycles. The molecule has 0 radical (unpaired) electrons. The number of nitrogens with zero attached hydrogens (tertiary/aromatic N) is 7. The van der Waals surface area contributed by atoms with Crippen LogP contribution >= 0.6 is 0 Å². The number of amides is 1. The largest absolute Gasteiger partial charge is 0.497 e. The van der Waals surface area contributed by atoms with Crippen LogP contribution in [0, 0.1) is 0 Å². The summed E-state index contributed by atoms with van der Waals surface area (Å²) >= 11 is 0. The Labute approximate surface area is 156 Å². The second-order valence-electron chi connectivity index (χ2n) is 6.09. The molecule has 1 fully saturated rings. The van der Waals surface area contributed by atoms with Crippen LogP contribution in [-0.4, -0.2) is 68.8 Å². The van der Waals surface area contributed by atoms with Crippen molar-refractivity contribution in [1.29, 1.82) is 0 Å². The average Bonchev–Trinajstić information content (AvgIpc) is 3.28. The molecule has 27 heavy (non-hydrogen) atoms. The predicted octanol–water partition coefficient (Wildman–Crippen LogP) is 1.03. The van der Waals surface area contributed by atoms with Crippen molar-refractivity contribution >= 4 is 11.7 Å². The van der Waals surface area contributed by atoms with Crippen LogP contribution in [0.2, 0.25) is 0 Å². The van der Waals surface area contributed by atoms with E-state index in [1.807, 2.05) is 29.2 Å². The highest BCUT2D eigenvalue weighted by Gasteiger charge is 2.23. The molecular weight excluding hydrogens is 346 g/mol. The van der Waals surface area contributed by atoms with Gasteiger partial charge in [-0.15, -0.1) is 0 Å². The van der Waals surface area contributed by atoms with E-state index in [2.05, 4.69) is 25.0 Å². The second-order valence-corrected chi connectivity index (χ2v) is 6.09. The Balaban J connectivity index is 1.43. The van der Waals surface area contributed by atoms with E-state index in [-0.39, 0.29) is 5.91 Å². The molecule has 138 valence electrons. The van der Waals surface area contributed by atoms with Gasteiger partial charge in [-0.1, -0.05) is 6.07 Å². The third-order valence-corrected chi connectivity index (χ3v) is 4.50. The van der Waals surface area contributed by atoms with Gasteiger partial charge in [0.1, 0.15) is 30.5 Å². The SMILES string of the molecule is COc1cccc(C(=O)N2CCN(c3cc(-n4cncn4)ncn3)CC2)c1. The molecule has 1 aromatic carbocycles. The molecule has 0 aliphatic carbocycles. The van der Waals surface area contributed by atoms with Crippen LogP contribution in [0.5, 0.6) is 5.75 Å². The van der Waals surface area contributed by atoms with E-state index >= 15 is 0 Å². The summed E-state index contributed by atoms with van der Waals surface area (Å²) in [5, 5.41) is 4.09. The van der Waals surface area contributed by atoms with Gasteiger partial charge in [-0.3, -0.25) is 4.79 Å². The first-order valence-electron chi connectivity index (χ1n) is 8.60.